The highest BCUT2D eigenvalue weighted by atomic mass is 16.5. The molecule has 7 nitrogen and oxygen atoms in total. The molecule has 1 aliphatic heterocycles. The van der Waals surface area contributed by atoms with Crippen molar-refractivity contribution in [1.29, 1.82) is 0 Å². The number of nitrogens with one attached hydrogen (secondary N) is 2. The first-order valence-corrected chi connectivity index (χ1v) is 9.98. The molecule has 150 valence electrons. The quantitative estimate of drug-likeness (QED) is 0.686. The molecule has 27 heavy (non-hydrogen) atoms. The van der Waals surface area contributed by atoms with Gasteiger partial charge in [-0.05, 0) is 32.3 Å². The van der Waals surface area contributed by atoms with Crippen LogP contribution in [0.3, 0.4) is 0 Å². The number of hydrogen-bond donors (Lipinski definition) is 3. The second-order valence-corrected chi connectivity index (χ2v) is 7.85. The van der Waals surface area contributed by atoms with Crippen molar-refractivity contribution < 1.29 is 19.4 Å². The van der Waals surface area contributed by atoms with Gasteiger partial charge in [0.05, 0.1) is 18.8 Å². The third-order valence-electron chi connectivity index (χ3n) is 6.17. The highest BCUT2D eigenvalue weighted by molar-refractivity contribution is 6.00. The summed E-state index contributed by atoms with van der Waals surface area (Å²) >= 11 is 0. The van der Waals surface area contributed by atoms with Gasteiger partial charge in [0.25, 0.3) is 5.91 Å². The van der Waals surface area contributed by atoms with Crippen molar-refractivity contribution in [3.63, 3.8) is 0 Å². The molecule has 0 atom stereocenters. The van der Waals surface area contributed by atoms with Crippen molar-refractivity contribution in [3.05, 3.63) is 22.5 Å². The monoisotopic (exact) mass is 377 g/mol. The van der Waals surface area contributed by atoms with Crippen molar-refractivity contribution >= 4 is 11.9 Å². The molecule has 1 aromatic rings. The number of carboxylic acid groups (broad SMARTS) is 1. The number of amides is 1. The summed E-state index contributed by atoms with van der Waals surface area (Å²) in [7, 11) is 0. The Morgan fingerprint density at radius 3 is 2.33 bits per heavy atom. The van der Waals surface area contributed by atoms with E-state index in [4.69, 9.17) is 4.74 Å². The Hall–Kier alpha value is -1.86. The van der Waals surface area contributed by atoms with Gasteiger partial charge in [0.1, 0.15) is 5.69 Å². The van der Waals surface area contributed by atoms with Crippen molar-refractivity contribution in [2.75, 3.05) is 32.8 Å². The van der Waals surface area contributed by atoms with Crippen LogP contribution in [0.25, 0.3) is 0 Å². The Morgan fingerprint density at radius 1 is 1.15 bits per heavy atom. The lowest BCUT2D eigenvalue weighted by Crippen LogP contribution is -2.58. The van der Waals surface area contributed by atoms with E-state index in [1.165, 1.54) is 25.7 Å². The first-order valence-electron chi connectivity index (χ1n) is 9.98. The molecule has 2 fully saturated rings. The smallest absolute Gasteiger partial charge is 0.352 e. The molecule has 1 aliphatic carbocycles. The number of hydrogen-bond acceptors (Lipinski definition) is 4. The van der Waals surface area contributed by atoms with Crippen molar-refractivity contribution in [2.45, 2.75) is 57.9 Å². The van der Waals surface area contributed by atoms with Crippen LogP contribution in [0.4, 0.5) is 0 Å². The minimum atomic E-state index is -1.04. The van der Waals surface area contributed by atoms with Crippen LogP contribution in [0.15, 0.2) is 0 Å². The zero-order valence-corrected chi connectivity index (χ0v) is 16.4. The number of aromatic nitrogens is 1. The van der Waals surface area contributed by atoms with Gasteiger partial charge in [0.2, 0.25) is 0 Å². The van der Waals surface area contributed by atoms with E-state index < -0.39 is 5.97 Å². The fraction of sp³-hybridized carbons (Fsp3) is 0.700. The number of ether oxygens (including phenoxy) is 1. The summed E-state index contributed by atoms with van der Waals surface area (Å²) in [6, 6.07) is 0. The van der Waals surface area contributed by atoms with Crippen molar-refractivity contribution in [1.82, 2.24) is 15.2 Å². The van der Waals surface area contributed by atoms with Gasteiger partial charge in [-0.1, -0.05) is 25.7 Å². The molecule has 1 saturated heterocycles. The molecule has 0 bridgehead atoms. The van der Waals surface area contributed by atoms with Crippen LogP contribution >= 0.6 is 0 Å². The number of carboxylic acids is 1. The van der Waals surface area contributed by atoms with Gasteiger partial charge < -0.3 is 20.1 Å². The number of rotatable bonds is 5. The number of aryl methyl sites for hydroxylation is 1. The summed E-state index contributed by atoms with van der Waals surface area (Å²) in [6.07, 6.45) is 7.02. The Balaban J connectivity index is 1.77. The average molecular weight is 377 g/mol. The zero-order chi connectivity index (χ0) is 19.4. The molecule has 7 heteroatoms. The second-order valence-electron chi connectivity index (χ2n) is 7.85. The Kier molecular flexibility index (Phi) is 6.22. The summed E-state index contributed by atoms with van der Waals surface area (Å²) in [6.45, 7) is 7.32. The van der Waals surface area contributed by atoms with Crippen molar-refractivity contribution in [3.8, 4) is 0 Å². The molecule has 1 aromatic heterocycles. The molecule has 0 radical (unpaired) electrons. The SMILES string of the molecule is Cc1[nH]c(C(=O)O)c(C)c1C(=O)NCC1(N2CCOCC2)CCCCCC1. The van der Waals surface area contributed by atoms with Crippen LogP contribution in [0, 0.1) is 13.8 Å². The third kappa shape index (κ3) is 4.19. The lowest BCUT2D eigenvalue weighted by atomic mass is 9.87. The minimum absolute atomic E-state index is 0.0241. The predicted octanol–water partition coefficient (Wildman–Crippen LogP) is 2.48. The third-order valence-corrected chi connectivity index (χ3v) is 6.17. The lowest BCUT2D eigenvalue weighted by Gasteiger charge is -2.45. The first kappa shape index (κ1) is 19.9. The van der Waals surface area contributed by atoms with Crippen LogP contribution in [0.1, 0.15) is 70.6 Å². The molecule has 2 heterocycles. The number of H-pyrrole nitrogens is 1. The van der Waals surface area contributed by atoms with Crippen LogP contribution in [0.5, 0.6) is 0 Å². The van der Waals surface area contributed by atoms with E-state index in [1.807, 2.05) is 0 Å². The van der Waals surface area contributed by atoms with E-state index in [1.54, 1.807) is 13.8 Å². The highest BCUT2D eigenvalue weighted by Crippen LogP contribution is 2.33. The van der Waals surface area contributed by atoms with Crippen LogP contribution in [-0.2, 0) is 4.74 Å². The molecule has 1 amide bonds. The van der Waals surface area contributed by atoms with Crippen molar-refractivity contribution in [2.24, 2.45) is 0 Å². The highest BCUT2D eigenvalue weighted by Gasteiger charge is 2.38. The van der Waals surface area contributed by atoms with Crippen LogP contribution in [0.2, 0.25) is 0 Å². The molecule has 2 aliphatic rings. The summed E-state index contributed by atoms with van der Waals surface area (Å²) in [5.41, 5.74) is 1.62. The molecule has 0 spiro atoms. The van der Waals surface area contributed by atoms with Gasteiger partial charge in [0.15, 0.2) is 0 Å². The van der Waals surface area contributed by atoms with Gasteiger partial charge in [0, 0.05) is 30.9 Å². The number of aromatic amines is 1. The topological polar surface area (TPSA) is 94.7 Å². The number of nitrogens with zero attached hydrogens (tertiary/aromatic N) is 1. The summed E-state index contributed by atoms with van der Waals surface area (Å²) in [5.74, 6) is -1.23. The molecule has 0 aromatic carbocycles. The standard InChI is InChI=1S/C20H31N3O4/c1-14-16(15(2)22-17(14)19(25)26)18(24)21-13-20(7-5-3-4-6-8-20)23-9-11-27-12-10-23/h22H,3-13H2,1-2H3,(H,21,24)(H,25,26). The number of aromatic carboxylic acids is 1. The first-order chi connectivity index (χ1) is 12.9. The second kappa shape index (κ2) is 8.44. The van der Waals surface area contributed by atoms with Gasteiger partial charge in [-0.15, -0.1) is 0 Å². The van der Waals surface area contributed by atoms with E-state index in [2.05, 4.69) is 15.2 Å². The largest absolute Gasteiger partial charge is 0.477 e. The van der Waals surface area contributed by atoms with Gasteiger partial charge in [-0.3, -0.25) is 9.69 Å². The van der Waals surface area contributed by atoms with E-state index in [0.29, 0.717) is 23.4 Å². The Bertz CT molecular complexity index is 684. The van der Waals surface area contributed by atoms with Gasteiger partial charge >= 0.3 is 5.97 Å². The summed E-state index contributed by atoms with van der Waals surface area (Å²) < 4.78 is 5.53. The van der Waals surface area contributed by atoms with E-state index in [-0.39, 0.29) is 17.1 Å². The van der Waals surface area contributed by atoms with Crippen LogP contribution < -0.4 is 5.32 Å². The Labute approximate surface area is 160 Å². The summed E-state index contributed by atoms with van der Waals surface area (Å²) in [5, 5.41) is 12.4. The average Bonchev–Trinajstić information content (AvgIpc) is 2.83. The minimum Gasteiger partial charge on any atom is -0.477 e. The molecule has 3 rings (SSSR count). The normalized spacial score (nSPS) is 20.8. The molecular formula is C20H31N3O4. The van der Waals surface area contributed by atoms with E-state index >= 15 is 0 Å². The zero-order valence-electron chi connectivity index (χ0n) is 16.4. The fourth-order valence-corrected chi connectivity index (χ4v) is 4.67. The molecular weight excluding hydrogens is 346 g/mol. The molecule has 1 saturated carbocycles. The summed E-state index contributed by atoms with van der Waals surface area (Å²) in [4.78, 5) is 29.6. The molecule has 3 N–H and O–H groups in total. The number of morpholine rings is 1. The van der Waals surface area contributed by atoms with Crippen LogP contribution in [-0.4, -0.2) is 65.3 Å². The number of carbonyl (C=O) groups is 2. The molecule has 0 unspecified atom stereocenters. The van der Waals surface area contributed by atoms with E-state index in [0.717, 1.165) is 39.1 Å². The van der Waals surface area contributed by atoms with E-state index in [9.17, 15) is 14.7 Å². The maximum absolute atomic E-state index is 12.9. The predicted molar refractivity (Wildman–Crippen MR) is 102 cm³/mol. The maximum Gasteiger partial charge on any atom is 0.352 e. The maximum atomic E-state index is 12.9. The Morgan fingerprint density at radius 2 is 1.78 bits per heavy atom. The fourth-order valence-electron chi connectivity index (χ4n) is 4.67. The van der Waals surface area contributed by atoms with Gasteiger partial charge in [-0.25, -0.2) is 4.79 Å². The lowest BCUT2D eigenvalue weighted by molar-refractivity contribution is -0.0281. The number of carbonyl (C=O) groups excluding carboxylic acids is 1. The van der Waals surface area contributed by atoms with Gasteiger partial charge in [-0.2, -0.15) is 0 Å².